The molecule has 9 heteroatoms. The van der Waals surface area contributed by atoms with Crippen molar-refractivity contribution in [2.24, 2.45) is 5.92 Å². The number of aromatic nitrogens is 4. The van der Waals surface area contributed by atoms with E-state index in [1.54, 1.807) is 24.6 Å². The fraction of sp³-hybridized carbons (Fsp3) is 0.609. The third kappa shape index (κ3) is 3.76. The molecule has 1 N–H and O–H groups in total. The Hall–Kier alpha value is -2.55. The van der Waals surface area contributed by atoms with Crippen molar-refractivity contribution in [3.8, 4) is 0 Å². The minimum Gasteiger partial charge on any atom is -0.356 e. The van der Waals surface area contributed by atoms with Crippen LogP contribution in [0, 0.1) is 26.7 Å². The number of nitrogens with zero attached hydrogens (tertiary/aromatic N) is 5. The first-order valence-corrected chi connectivity index (χ1v) is 12.4. The predicted octanol–water partition coefficient (Wildman–Crippen LogP) is 4.19. The van der Waals surface area contributed by atoms with E-state index in [1.807, 2.05) is 0 Å². The Morgan fingerprint density at radius 3 is 2.59 bits per heavy atom. The van der Waals surface area contributed by atoms with Crippen LogP contribution < -0.4 is 10.2 Å². The molecular formula is C23H30N6O2S. The Morgan fingerprint density at radius 1 is 1.16 bits per heavy atom. The molecule has 5 rings (SSSR count). The first kappa shape index (κ1) is 21.3. The third-order valence-electron chi connectivity index (χ3n) is 7.14. The summed E-state index contributed by atoms with van der Waals surface area (Å²) in [6.45, 7) is 7.70. The number of fused-ring (bicyclic) bond motifs is 1. The normalized spacial score (nSPS) is 19.4. The summed E-state index contributed by atoms with van der Waals surface area (Å²) in [7, 11) is 0. The van der Waals surface area contributed by atoms with Crippen molar-refractivity contribution in [3.05, 3.63) is 28.5 Å². The lowest BCUT2D eigenvalue weighted by molar-refractivity contribution is -0.128. The van der Waals surface area contributed by atoms with Gasteiger partial charge in [0, 0.05) is 30.8 Å². The fourth-order valence-electron chi connectivity index (χ4n) is 5.15. The maximum Gasteiger partial charge on any atom is 0.224 e. The van der Waals surface area contributed by atoms with Crippen LogP contribution in [0.25, 0.3) is 10.2 Å². The molecule has 1 amide bonds. The quantitative estimate of drug-likeness (QED) is 0.631. The topological polar surface area (TPSA) is 97.0 Å². The van der Waals surface area contributed by atoms with E-state index < -0.39 is 5.54 Å². The zero-order valence-corrected chi connectivity index (χ0v) is 19.8. The van der Waals surface area contributed by atoms with Crippen LogP contribution in [0.4, 0.5) is 5.82 Å². The SMILES string of the molecule is Cc1nc(C2(NC(=O)C3CCN(c4ncnc5sc(C)c(C)c45)CC3)CCCCC2)no1. The van der Waals surface area contributed by atoms with Gasteiger partial charge in [-0.15, -0.1) is 11.3 Å². The highest BCUT2D eigenvalue weighted by Gasteiger charge is 2.41. The van der Waals surface area contributed by atoms with Crippen molar-refractivity contribution in [2.45, 2.75) is 71.3 Å². The van der Waals surface area contributed by atoms with Gasteiger partial charge in [0.25, 0.3) is 0 Å². The Bertz CT molecular complexity index is 1120. The number of thiophene rings is 1. The minimum atomic E-state index is -0.492. The van der Waals surface area contributed by atoms with Gasteiger partial charge in [0.05, 0.1) is 5.39 Å². The maximum absolute atomic E-state index is 13.3. The highest BCUT2D eigenvalue weighted by molar-refractivity contribution is 7.18. The average Bonchev–Trinajstić information content (AvgIpc) is 3.38. The summed E-state index contributed by atoms with van der Waals surface area (Å²) >= 11 is 1.72. The van der Waals surface area contributed by atoms with E-state index in [-0.39, 0.29) is 11.8 Å². The third-order valence-corrected chi connectivity index (χ3v) is 8.25. The molecule has 0 atom stereocenters. The van der Waals surface area contributed by atoms with Crippen molar-refractivity contribution in [1.82, 2.24) is 25.4 Å². The highest BCUT2D eigenvalue weighted by atomic mass is 32.1. The van der Waals surface area contributed by atoms with Crippen molar-refractivity contribution >= 4 is 33.3 Å². The zero-order valence-electron chi connectivity index (χ0n) is 19.0. The fourth-order valence-corrected chi connectivity index (χ4v) is 6.14. The molecular weight excluding hydrogens is 424 g/mol. The van der Waals surface area contributed by atoms with Crippen molar-refractivity contribution < 1.29 is 9.32 Å². The van der Waals surface area contributed by atoms with Gasteiger partial charge in [0.15, 0.2) is 5.82 Å². The van der Waals surface area contributed by atoms with Crippen LogP contribution in [0.15, 0.2) is 10.9 Å². The summed E-state index contributed by atoms with van der Waals surface area (Å²) in [5, 5.41) is 8.70. The van der Waals surface area contributed by atoms with Crippen LogP contribution in [0.2, 0.25) is 0 Å². The Labute approximate surface area is 191 Å². The number of piperidine rings is 1. The van der Waals surface area contributed by atoms with E-state index in [9.17, 15) is 4.79 Å². The lowest BCUT2D eigenvalue weighted by Crippen LogP contribution is -2.51. The summed E-state index contributed by atoms with van der Waals surface area (Å²) in [5.41, 5.74) is 0.768. The zero-order chi connectivity index (χ0) is 22.3. The van der Waals surface area contributed by atoms with Crippen LogP contribution >= 0.6 is 11.3 Å². The van der Waals surface area contributed by atoms with Crippen LogP contribution in [0.5, 0.6) is 0 Å². The minimum absolute atomic E-state index is 0.0133. The Balaban J connectivity index is 1.30. The molecule has 3 aromatic heterocycles. The second-order valence-corrected chi connectivity index (χ2v) is 10.4. The first-order chi connectivity index (χ1) is 15.5. The van der Waals surface area contributed by atoms with Crippen LogP contribution in [0.3, 0.4) is 0 Å². The van der Waals surface area contributed by atoms with Crippen LogP contribution in [-0.2, 0) is 10.3 Å². The molecule has 1 aliphatic heterocycles. The molecule has 0 unspecified atom stereocenters. The van der Waals surface area contributed by atoms with E-state index in [1.165, 1.54) is 16.9 Å². The van der Waals surface area contributed by atoms with Gasteiger partial charge < -0.3 is 14.7 Å². The van der Waals surface area contributed by atoms with E-state index in [4.69, 9.17) is 4.52 Å². The van der Waals surface area contributed by atoms with Gasteiger partial charge in [-0.1, -0.05) is 24.4 Å². The van der Waals surface area contributed by atoms with Gasteiger partial charge >= 0.3 is 0 Å². The maximum atomic E-state index is 13.3. The van der Waals surface area contributed by atoms with Gasteiger partial charge in [-0.25, -0.2) is 9.97 Å². The number of carbonyl (C=O) groups is 1. The lowest BCUT2D eigenvalue weighted by atomic mass is 9.80. The monoisotopic (exact) mass is 454 g/mol. The molecule has 2 fully saturated rings. The van der Waals surface area contributed by atoms with E-state index in [0.29, 0.717) is 11.7 Å². The molecule has 8 nitrogen and oxygen atoms in total. The molecule has 0 spiro atoms. The van der Waals surface area contributed by atoms with E-state index >= 15 is 0 Å². The largest absolute Gasteiger partial charge is 0.356 e. The number of carbonyl (C=O) groups excluding carboxylic acids is 1. The van der Waals surface area contributed by atoms with Gasteiger partial charge in [-0.05, 0) is 45.1 Å². The number of amides is 1. The van der Waals surface area contributed by atoms with Gasteiger partial charge in [-0.2, -0.15) is 4.98 Å². The molecule has 1 saturated carbocycles. The number of hydrogen-bond donors (Lipinski definition) is 1. The summed E-state index contributed by atoms with van der Waals surface area (Å²) in [5.74, 6) is 2.28. The number of rotatable bonds is 4. The summed E-state index contributed by atoms with van der Waals surface area (Å²) in [6, 6.07) is 0. The molecule has 0 bridgehead atoms. The molecule has 2 aliphatic rings. The molecule has 0 aromatic carbocycles. The average molecular weight is 455 g/mol. The number of hydrogen-bond acceptors (Lipinski definition) is 8. The lowest BCUT2D eigenvalue weighted by Gasteiger charge is -2.38. The highest BCUT2D eigenvalue weighted by Crippen LogP contribution is 2.38. The number of nitrogens with one attached hydrogen (secondary N) is 1. The Kier molecular flexibility index (Phi) is 5.61. The molecule has 170 valence electrons. The van der Waals surface area contributed by atoms with Gasteiger partial charge in [-0.3, -0.25) is 4.79 Å². The summed E-state index contributed by atoms with van der Waals surface area (Å²) < 4.78 is 5.25. The van der Waals surface area contributed by atoms with E-state index in [2.05, 4.69) is 44.2 Å². The molecule has 4 heterocycles. The second kappa shape index (κ2) is 8.42. The summed E-state index contributed by atoms with van der Waals surface area (Å²) in [6.07, 6.45) is 8.32. The van der Waals surface area contributed by atoms with Crippen molar-refractivity contribution in [3.63, 3.8) is 0 Å². The molecule has 3 aromatic rings. The molecule has 0 radical (unpaired) electrons. The number of anilines is 1. The standard InChI is InChI=1S/C23H30N6O2S/c1-14-15(2)32-21-18(14)19(24-13-25-21)29-11-7-17(8-12-29)20(30)27-23(9-5-4-6-10-23)22-26-16(3)31-28-22/h13,17H,4-12H2,1-3H3,(H,27,30). The van der Waals surface area contributed by atoms with E-state index in [0.717, 1.165) is 67.6 Å². The van der Waals surface area contributed by atoms with Crippen molar-refractivity contribution in [1.29, 1.82) is 0 Å². The molecule has 32 heavy (non-hydrogen) atoms. The van der Waals surface area contributed by atoms with Crippen LogP contribution in [-0.4, -0.2) is 39.1 Å². The number of aryl methyl sites for hydroxylation is 3. The smallest absolute Gasteiger partial charge is 0.224 e. The molecule has 1 saturated heterocycles. The second-order valence-electron chi connectivity index (χ2n) is 9.19. The predicted molar refractivity (Wildman–Crippen MR) is 124 cm³/mol. The first-order valence-electron chi connectivity index (χ1n) is 11.6. The van der Waals surface area contributed by atoms with Gasteiger partial charge in [0.2, 0.25) is 11.8 Å². The summed E-state index contributed by atoms with van der Waals surface area (Å²) in [4.78, 5) is 31.5. The van der Waals surface area contributed by atoms with Crippen molar-refractivity contribution in [2.75, 3.05) is 18.0 Å². The molecule has 1 aliphatic carbocycles. The van der Waals surface area contributed by atoms with Crippen LogP contribution in [0.1, 0.15) is 67.1 Å². The Morgan fingerprint density at radius 2 is 1.91 bits per heavy atom. The van der Waals surface area contributed by atoms with Gasteiger partial charge in [0.1, 0.15) is 22.5 Å².